The Morgan fingerprint density at radius 2 is 2.05 bits per heavy atom. The summed E-state index contributed by atoms with van der Waals surface area (Å²) in [5.74, 6) is 0.0139. The van der Waals surface area contributed by atoms with Gasteiger partial charge in [-0.2, -0.15) is 0 Å². The Labute approximate surface area is 115 Å². The van der Waals surface area contributed by atoms with Gasteiger partial charge in [0.25, 0.3) is 5.91 Å². The number of benzene rings is 1. The Hall–Kier alpha value is -1.55. The monoisotopic (exact) mass is 264 g/mol. The molecule has 19 heavy (non-hydrogen) atoms. The Bertz CT molecular complexity index is 405. The SMILES string of the molecule is CCNc1ccccc1C(=O)N(CCCO)C(C)C. The smallest absolute Gasteiger partial charge is 0.256 e. The first kappa shape index (κ1) is 15.5. The van der Waals surface area contributed by atoms with E-state index in [1.54, 1.807) is 4.90 Å². The standard InChI is InChI=1S/C15H24N2O2/c1-4-16-14-9-6-5-8-13(14)15(19)17(12(2)3)10-7-11-18/h5-6,8-9,12,16,18H,4,7,10-11H2,1-3H3. The molecule has 0 saturated heterocycles. The van der Waals surface area contributed by atoms with Crippen LogP contribution in [0.15, 0.2) is 24.3 Å². The molecule has 0 radical (unpaired) electrons. The molecule has 0 bridgehead atoms. The van der Waals surface area contributed by atoms with Crippen LogP contribution in [0.4, 0.5) is 5.69 Å². The molecule has 0 aliphatic heterocycles. The van der Waals surface area contributed by atoms with Crippen molar-refractivity contribution in [3.05, 3.63) is 29.8 Å². The molecule has 106 valence electrons. The number of amides is 1. The molecule has 1 aromatic carbocycles. The fourth-order valence-electron chi connectivity index (χ4n) is 2.00. The van der Waals surface area contributed by atoms with Gasteiger partial charge in [0, 0.05) is 31.4 Å². The lowest BCUT2D eigenvalue weighted by Crippen LogP contribution is -2.38. The van der Waals surface area contributed by atoms with E-state index < -0.39 is 0 Å². The van der Waals surface area contributed by atoms with Crippen LogP contribution in [0.3, 0.4) is 0 Å². The van der Waals surface area contributed by atoms with Gasteiger partial charge in [-0.3, -0.25) is 4.79 Å². The Balaban J connectivity index is 2.95. The van der Waals surface area contributed by atoms with E-state index in [2.05, 4.69) is 5.32 Å². The van der Waals surface area contributed by atoms with Gasteiger partial charge in [-0.15, -0.1) is 0 Å². The summed E-state index contributed by atoms with van der Waals surface area (Å²) < 4.78 is 0. The lowest BCUT2D eigenvalue weighted by atomic mass is 10.1. The average molecular weight is 264 g/mol. The first-order chi connectivity index (χ1) is 9.11. The summed E-state index contributed by atoms with van der Waals surface area (Å²) in [6, 6.07) is 7.67. The number of hydrogen-bond acceptors (Lipinski definition) is 3. The molecule has 0 heterocycles. The first-order valence-electron chi connectivity index (χ1n) is 6.86. The van der Waals surface area contributed by atoms with E-state index in [4.69, 9.17) is 5.11 Å². The molecule has 0 atom stereocenters. The van der Waals surface area contributed by atoms with Crippen molar-refractivity contribution in [2.45, 2.75) is 33.2 Å². The third kappa shape index (κ3) is 4.24. The van der Waals surface area contributed by atoms with Crippen LogP contribution >= 0.6 is 0 Å². The van der Waals surface area contributed by atoms with E-state index in [0.717, 1.165) is 12.2 Å². The van der Waals surface area contributed by atoms with Crippen LogP contribution in [0.1, 0.15) is 37.6 Å². The molecule has 4 heteroatoms. The minimum absolute atomic E-state index is 0.0139. The third-order valence-corrected chi connectivity index (χ3v) is 2.97. The van der Waals surface area contributed by atoms with E-state index >= 15 is 0 Å². The second-order valence-electron chi connectivity index (χ2n) is 4.75. The molecule has 2 N–H and O–H groups in total. The normalized spacial score (nSPS) is 10.6. The predicted molar refractivity (Wildman–Crippen MR) is 78.5 cm³/mol. The van der Waals surface area contributed by atoms with Gasteiger partial charge in [-0.1, -0.05) is 12.1 Å². The summed E-state index contributed by atoms with van der Waals surface area (Å²) >= 11 is 0. The summed E-state index contributed by atoms with van der Waals surface area (Å²) in [5.41, 5.74) is 1.56. The zero-order valence-electron chi connectivity index (χ0n) is 12.0. The zero-order chi connectivity index (χ0) is 14.3. The van der Waals surface area contributed by atoms with Crippen molar-refractivity contribution >= 4 is 11.6 Å². The molecule has 0 spiro atoms. The van der Waals surface area contributed by atoms with Crippen LogP contribution in [0.25, 0.3) is 0 Å². The number of aliphatic hydroxyl groups excluding tert-OH is 1. The molecule has 0 aliphatic rings. The highest BCUT2D eigenvalue weighted by Gasteiger charge is 2.20. The summed E-state index contributed by atoms with van der Waals surface area (Å²) in [4.78, 5) is 14.4. The van der Waals surface area contributed by atoms with Crippen molar-refractivity contribution in [1.29, 1.82) is 0 Å². The molecule has 0 aliphatic carbocycles. The Morgan fingerprint density at radius 1 is 1.37 bits per heavy atom. The van der Waals surface area contributed by atoms with Crippen molar-refractivity contribution in [3.63, 3.8) is 0 Å². The second-order valence-corrected chi connectivity index (χ2v) is 4.75. The van der Waals surface area contributed by atoms with Gasteiger partial charge in [0.1, 0.15) is 0 Å². The van der Waals surface area contributed by atoms with Gasteiger partial charge in [0.15, 0.2) is 0 Å². The minimum atomic E-state index is 0.0139. The van der Waals surface area contributed by atoms with Crippen molar-refractivity contribution < 1.29 is 9.90 Å². The lowest BCUT2D eigenvalue weighted by Gasteiger charge is -2.27. The van der Waals surface area contributed by atoms with Crippen molar-refractivity contribution in [2.24, 2.45) is 0 Å². The topological polar surface area (TPSA) is 52.6 Å². The van der Waals surface area contributed by atoms with E-state index in [0.29, 0.717) is 18.5 Å². The third-order valence-electron chi connectivity index (χ3n) is 2.97. The van der Waals surface area contributed by atoms with Gasteiger partial charge >= 0.3 is 0 Å². The van der Waals surface area contributed by atoms with Gasteiger partial charge in [-0.05, 0) is 39.3 Å². The van der Waals surface area contributed by atoms with E-state index in [9.17, 15) is 4.79 Å². The molecular weight excluding hydrogens is 240 g/mol. The summed E-state index contributed by atoms with van der Waals surface area (Å²) in [6.07, 6.45) is 0.604. The molecular formula is C15H24N2O2. The number of carbonyl (C=O) groups is 1. The van der Waals surface area contributed by atoms with Crippen LogP contribution in [0.2, 0.25) is 0 Å². The number of nitrogens with one attached hydrogen (secondary N) is 1. The fraction of sp³-hybridized carbons (Fsp3) is 0.533. The van der Waals surface area contributed by atoms with Crippen LogP contribution in [0.5, 0.6) is 0 Å². The molecule has 0 fully saturated rings. The second kappa shape index (κ2) is 7.79. The van der Waals surface area contributed by atoms with Crippen LogP contribution in [-0.4, -0.2) is 41.7 Å². The summed E-state index contributed by atoms with van der Waals surface area (Å²) in [6.45, 7) is 7.45. The number of hydrogen-bond donors (Lipinski definition) is 2. The van der Waals surface area contributed by atoms with E-state index in [1.807, 2.05) is 45.0 Å². The highest BCUT2D eigenvalue weighted by molar-refractivity contribution is 5.99. The highest BCUT2D eigenvalue weighted by Crippen LogP contribution is 2.18. The van der Waals surface area contributed by atoms with Gasteiger partial charge in [0.2, 0.25) is 0 Å². The first-order valence-corrected chi connectivity index (χ1v) is 6.86. The molecule has 1 amide bonds. The molecule has 0 unspecified atom stereocenters. The maximum atomic E-state index is 12.6. The maximum Gasteiger partial charge on any atom is 0.256 e. The largest absolute Gasteiger partial charge is 0.396 e. The summed E-state index contributed by atoms with van der Waals surface area (Å²) in [7, 11) is 0. The van der Waals surface area contributed by atoms with E-state index in [1.165, 1.54) is 0 Å². The molecule has 1 aromatic rings. The van der Waals surface area contributed by atoms with Crippen LogP contribution in [0, 0.1) is 0 Å². The maximum absolute atomic E-state index is 12.6. The number of carbonyl (C=O) groups excluding carboxylic acids is 1. The molecule has 0 aromatic heterocycles. The Morgan fingerprint density at radius 3 is 2.63 bits per heavy atom. The minimum Gasteiger partial charge on any atom is -0.396 e. The van der Waals surface area contributed by atoms with E-state index in [-0.39, 0.29) is 18.6 Å². The Kier molecular flexibility index (Phi) is 6.36. The number of aliphatic hydroxyl groups is 1. The van der Waals surface area contributed by atoms with Crippen LogP contribution in [-0.2, 0) is 0 Å². The highest BCUT2D eigenvalue weighted by atomic mass is 16.3. The molecule has 0 saturated carbocycles. The van der Waals surface area contributed by atoms with Crippen molar-refractivity contribution in [1.82, 2.24) is 4.90 Å². The molecule has 1 rings (SSSR count). The predicted octanol–water partition coefficient (Wildman–Crippen LogP) is 2.35. The zero-order valence-corrected chi connectivity index (χ0v) is 12.0. The lowest BCUT2D eigenvalue weighted by molar-refractivity contribution is 0.0694. The average Bonchev–Trinajstić information content (AvgIpc) is 2.39. The van der Waals surface area contributed by atoms with Gasteiger partial charge in [-0.25, -0.2) is 0 Å². The number of para-hydroxylation sites is 1. The quantitative estimate of drug-likeness (QED) is 0.795. The van der Waals surface area contributed by atoms with Crippen molar-refractivity contribution in [3.8, 4) is 0 Å². The fourth-order valence-corrected chi connectivity index (χ4v) is 2.00. The number of nitrogens with zero attached hydrogens (tertiary/aromatic N) is 1. The molecule has 4 nitrogen and oxygen atoms in total. The summed E-state index contributed by atoms with van der Waals surface area (Å²) in [5, 5.41) is 12.1. The van der Waals surface area contributed by atoms with Gasteiger partial charge in [0.05, 0.1) is 5.56 Å². The van der Waals surface area contributed by atoms with Crippen molar-refractivity contribution in [2.75, 3.05) is 25.0 Å². The number of anilines is 1. The van der Waals surface area contributed by atoms with Crippen LogP contribution < -0.4 is 5.32 Å². The number of rotatable bonds is 7. The van der Waals surface area contributed by atoms with Gasteiger partial charge < -0.3 is 15.3 Å².